The highest BCUT2D eigenvalue weighted by Crippen LogP contribution is 2.32. The van der Waals surface area contributed by atoms with Crippen LogP contribution in [0.1, 0.15) is 51.4 Å². The van der Waals surface area contributed by atoms with Crippen LogP contribution in [0.2, 0.25) is 0 Å². The molecule has 1 amide bonds. The molecule has 2 aliphatic carbocycles. The number of nitrogens with zero attached hydrogens (tertiary/aromatic N) is 1. The van der Waals surface area contributed by atoms with Crippen LogP contribution in [0.15, 0.2) is 0 Å². The number of sulfonamides is 1. The molecular formula is C14H24N2O3S. The molecule has 0 spiro atoms. The Balaban J connectivity index is 1.61. The zero-order valence-corrected chi connectivity index (χ0v) is 12.7. The Kier molecular flexibility index (Phi) is 4.04. The van der Waals surface area contributed by atoms with Crippen LogP contribution in [0, 0.1) is 5.92 Å². The van der Waals surface area contributed by atoms with Crippen molar-refractivity contribution in [3.63, 3.8) is 0 Å². The van der Waals surface area contributed by atoms with Crippen molar-refractivity contribution in [3.05, 3.63) is 0 Å². The molecule has 2 saturated carbocycles. The molecule has 0 bridgehead atoms. The molecule has 0 aromatic heterocycles. The van der Waals surface area contributed by atoms with Crippen LogP contribution in [-0.4, -0.2) is 43.6 Å². The second kappa shape index (κ2) is 5.64. The summed E-state index contributed by atoms with van der Waals surface area (Å²) in [7, 11) is -3.28. The van der Waals surface area contributed by atoms with Gasteiger partial charge in [-0.05, 0) is 38.5 Å². The second-order valence-electron chi connectivity index (χ2n) is 6.47. The van der Waals surface area contributed by atoms with Gasteiger partial charge in [-0.1, -0.05) is 12.8 Å². The van der Waals surface area contributed by atoms with Crippen molar-refractivity contribution >= 4 is 15.9 Å². The van der Waals surface area contributed by atoms with Gasteiger partial charge in [0.1, 0.15) is 0 Å². The monoisotopic (exact) mass is 300 g/mol. The van der Waals surface area contributed by atoms with Gasteiger partial charge in [0.2, 0.25) is 15.9 Å². The highest BCUT2D eigenvalue weighted by atomic mass is 32.2. The summed E-state index contributed by atoms with van der Waals surface area (Å²) in [6.45, 7) is 1.11. The van der Waals surface area contributed by atoms with E-state index in [0.29, 0.717) is 13.0 Å². The number of carbonyl (C=O) groups excluding carboxylic acids is 1. The Labute approximate surface area is 121 Å². The summed E-state index contributed by atoms with van der Waals surface area (Å²) < 4.78 is 27.8. The van der Waals surface area contributed by atoms with Crippen LogP contribution in [0.4, 0.5) is 0 Å². The lowest BCUT2D eigenvalue weighted by atomic mass is 10.1. The molecule has 0 radical (unpaired) electrons. The van der Waals surface area contributed by atoms with Crippen molar-refractivity contribution in [2.24, 2.45) is 5.92 Å². The summed E-state index contributed by atoms with van der Waals surface area (Å²) in [6.07, 6.45) is 7.58. The Morgan fingerprint density at radius 3 is 2.35 bits per heavy atom. The summed E-state index contributed by atoms with van der Waals surface area (Å²) in [5, 5.41) is -0.417. The van der Waals surface area contributed by atoms with Crippen LogP contribution >= 0.6 is 0 Å². The highest BCUT2D eigenvalue weighted by molar-refractivity contribution is 7.90. The molecule has 1 saturated heterocycles. The first-order valence-electron chi connectivity index (χ1n) is 7.86. The van der Waals surface area contributed by atoms with Gasteiger partial charge in [-0.2, -0.15) is 0 Å². The van der Waals surface area contributed by atoms with Gasteiger partial charge in [-0.25, -0.2) is 13.1 Å². The van der Waals surface area contributed by atoms with Gasteiger partial charge in [-0.15, -0.1) is 0 Å². The standard InChI is InChI=1S/C14H24N2O3S/c17-14(11-7-8-11)16-9-3-6-13(10-16)20(18,19)15-12-4-1-2-5-12/h11-13,15H,1-10H2. The smallest absolute Gasteiger partial charge is 0.225 e. The Morgan fingerprint density at radius 2 is 1.70 bits per heavy atom. The second-order valence-corrected chi connectivity index (χ2v) is 8.46. The van der Waals surface area contributed by atoms with E-state index >= 15 is 0 Å². The van der Waals surface area contributed by atoms with E-state index < -0.39 is 15.3 Å². The topological polar surface area (TPSA) is 66.5 Å². The zero-order chi connectivity index (χ0) is 14.2. The normalized spacial score (nSPS) is 28.8. The summed E-state index contributed by atoms with van der Waals surface area (Å²) in [6, 6.07) is 0.120. The van der Waals surface area contributed by atoms with Crippen molar-refractivity contribution < 1.29 is 13.2 Å². The highest BCUT2D eigenvalue weighted by Gasteiger charge is 2.39. The van der Waals surface area contributed by atoms with Crippen LogP contribution < -0.4 is 4.72 Å². The van der Waals surface area contributed by atoms with Crippen molar-refractivity contribution in [2.45, 2.75) is 62.7 Å². The molecule has 3 aliphatic rings. The predicted molar refractivity (Wildman–Crippen MR) is 76.6 cm³/mol. The fourth-order valence-corrected chi connectivity index (χ4v) is 5.10. The molecule has 0 aromatic carbocycles. The van der Waals surface area contributed by atoms with Crippen LogP contribution in [0.25, 0.3) is 0 Å². The SMILES string of the molecule is O=C(C1CC1)N1CCCC(S(=O)(=O)NC2CCCC2)C1. The molecule has 5 nitrogen and oxygen atoms in total. The number of piperidine rings is 1. The maximum atomic E-state index is 12.4. The average molecular weight is 300 g/mol. The third kappa shape index (κ3) is 3.17. The quantitative estimate of drug-likeness (QED) is 0.849. The van der Waals surface area contributed by atoms with Crippen LogP contribution in [-0.2, 0) is 14.8 Å². The minimum absolute atomic E-state index is 0.120. The largest absolute Gasteiger partial charge is 0.341 e. The average Bonchev–Trinajstić information content (AvgIpc) is 3.17. The van der Waals surface area contributed by atoms with Crippen LogP contribution in [0.3, 0.4) is 0 Å². The number of hydrogen-bond acceptors (Lipinski definition) is 3. The molecular weight excluding hydrogens is 276 g/mol. The number of nitrogens with one attached hydrogen (secondary N) is 1. The van der Waals surface area contributed by atoms with Gasteiger partial charge in [0, 0.05) is 25.0 Å². The third-order valence-electron chi connectivity index (χ3n) is 4.74. The Bertz CT molecular complexity index is 467. The van der Waals surface area contributed by atoms with Crippen LogP contribution in [0.5, 0.6) is 0 Å². The van der Waals surface area contributed by atoms with Crippen molar-refractivity contribution in [3.8, 4) is 0 Å². The minimum atomic E-state index is -3.28. The lowest BCUT2D eigenvalue weighted by Gasteiger charge is -2.33. The number of rotatable bonds is 4. The van der Waals surface area contributed by atoms with Gasteiger partial charge < -0.3 is 4.90 Å². The van der Waals surface area contributed by atoms with E-state index in [-0.39, 0.29) is 17.9 Å². The van der Waals surface area contributed by atoms with E-state index in [1.807, 2.05) is 0 Å². The Hall–Kier alpha value is -0.620. The summed E-state index contributed by atoms with van der Waals surface area (Å²) >= 11 is 0. The molecule has 1 heterocycles. The van der Waals surface area contributed by atoms with E-state index in [9.17, 15) is 13.2 Å². The molecule has 6 heteroatoms. The summed E-state index contributed by atoms with van der Waals surface area (Å²) in [4.78, 5) is 13.9. The number of likely N-dealkylation sites (tertiary alicyclic amines) is 1. The molecule has 1 N–H and O–H groups in total. The van der Waals surface area contributed by atoms with E-state index in [4.69, 9.17) is 0 Å². The van der Waals surface area contributed by atoms with E-state index in [1.54, 1.807) is 4.90 Å². The molecule has 1 aliphatic heterocycles. The molecule has 0 aromatic rings. The zero-order valence-electron chi connectivity index (χ0n) is 11.9. The molecule has 3 rings (SSSR count). The van der Waals surface area contributed by atoms with Gasteiger partial charge in [0.15, 0.2) is 0 Å². The van der Waals surface area contributed by atoms with Gasteiger partial charge in [-0.3, -0.25) is 4.79 Å². The predicted octanol–water partition coefficient (Wildman–Crippen LogP) is 1.25. The molecule has 1 unspecified atom stereocenters. The first-order chi connectivity index (χ1) is 9.56. The fraction of sp³-hybridized carbons (Fsp3) is 0.929. The minimum Gasteiger partial charge on any atom is -0.341 e. The third-order valence-corrected chi connectivity index (χ3v) is 6.67. The fourth-order valence-electron chi connectivity index (χ4n) is 3.35. The Morgan fingerprint density at radius 1 is 1.00 bits per heavy atom. The van der Waals surface area contributed by atoms with Gasteiger partial charge in [0.05, 0.1) is 5.25 Å². The van der Waals surface area contributed by atoms with Gasteiger partial charge >= 0.3 is 0 Å². The molecule has 3 fully saturated rings. The first kappa shape index (κ1) is 14.3. The maximum absolute atomic E-state index is 12.4. The molecule has 1 atom stereocenters. The summed E-state index contributed by atoms with van der Waals surface area (Å²) in [5.74, 6) is 0.352. The van der Waals surface area contributed by atoms with Crippen molar-refractivity contribution in [2.75, 3.05) is 13.1 Å². The lowest BCUT2D eigenvalue weighted by molar-refractivity contribution is -0.133. The first-order valence-corrected chi connectivity index (χ1v) is 9.41. The maximum Gasteiger partial charge on any atom is 0.225 e. The lowest BCUT2D eigenvalue weighted by Crippen LogP contribution is -2.50. The van der Waals surface area contributed by atoms with Crippen molar-refractivity contribution in [1.29, 1.82) is 0 Å². The number of carbonyl (C=O) groups is 1. The van der Waals surface area contributed by atoms with E-state index in [0.717, 1.165) is 51.5 Å². The number of amides is 1. The summed E-state index contributed by atoms with van der Waals surface area (Å²) in [5.41, 5.74) is 0. The number of hydrogen-bond donors (Lipinski definition) is 1. The van der Waals surface area contributed by atoms with E-state index in [1.165, 1.54) is 0 Å². The van der Waals surface area contributed by atoms with Crippen molar-refractivity contribution in [1.82, 2.24) is 9.62 Å². The molecule has 20 heavy (non-hydrogen) atoms. The van der Waals surface area contributed by atoms with Gasteiger partial charge in [0.25, 0.3) is 0 Å². The molecule has 114 valence electrons. The van der Waals surface area contributed by atoms with E-state index in [2.05, 4.69) is 4.72 Å².